The van der Waals surface area contributed by atoms with Gasteiger partial charge in [-0.1, -0.05) is 12.1 Å². The van der Waals surface area contributed by atoms with Crippen molar-refractivity contribution in [1.29, 1.82) is 0 Å². The third-order valence-electron chi connectivity index (χ3n) is 3.00. The number of hydrogen-bond acceptors (Lipinski definition) is 6. The van der Waals surface area contributed by atoms with E-state index in [1.807, 2.05) is 0 Å². The predicted molar refractivity (Wildman–Crippen MR) is 91.2 cm³/mol. The van der Waals surface area contributed by atoms with Gasteiger partial charge in [-0.05, 0) is 25.1 Å². The van der Waals surface area contributed by atoms with Crippen LogP contribution in [0, 0.1) is 10.1 Å². The Labute approximate surface area is 142 Å². The maximum absolute atomic E-state index is 11.9. The molecule has 0 spiro atoms. The van der Waals surface area contributed by atoms with Crippen LogP contribution in [0.4, 0.5) is 11.4 Å². The van der Waals surface area contributed by atoms with Gasteiger partial charge in [-0.15, -0.1) is 0 Å². The number of amides is 2. The van der Waals surface area contributed by atoms with Gasteiger partial charge >= 0.3 is 0 Å². The molecule has 2 rings (SSSR count). The molecule has 0 atom stereocenters. The van der Waals surface area contributed by atoms with Gasteiger partial charge in [0.15, 0.2) is 0 Å². The number of hydrogen-bond donors (Lipinski definition) is 2. The number of rotatable bonds is 6. The smallest absolute Gasteiger partial charge is 0.289 e. The van der Waals surface area contributed by atoms with Crippen molar-refractivity contribution in [3.63, 3.8) is 0 Å². The first kappa shape index (κ1) is 17.7. The zero-order valence-electron chi connectivity index (χ0n) is 13.3. The number of carbonyl (C=O) groups is 2. The minimum absolute atomic E-state index is 0.0782. The van der Waals surface area contributed by atoms with Crippen LogP contribution in [0.3, 0.4) is 0 Å². The third-order valence-corrected chi connectivity index (χ3v) is 3.00. The fourth-order valence-electron chi connectivity index (χ4n) is 1.87. The summed E-state index contributed by atoms with van der Waals surface area (Å²) in [5.74, 6) is -0.895. The summed E-state index contributed by atoms with van der Waals surface area (Å²) >= 11 is 0. The van der Waals surface area contributed by atoms with Crippen molar-refractivity contribution in [2.45, 2.75) is 13.3 Å². The molecule has 2 N–H and O–H groups in total. The molecule has 0 aliphatic carbocycles. The lowest BCUT2D eigenvalue weighted by Gasteiger charge is -2.05. The zero-order chi connectivity index (χ0) is 18.2. The lowest BCUT2D eigenvalue weighted by Crippen LogP contribution is -2.22. The molecule has 0 bridgehead atoms. The molecule has 25 heavy (non-hydrogen) atoms. The number of non-ortho nitro benzene ring substituents is 1. The van der Waals surface area contributed by atoms with Crippen LogP contribution in [0.15, 0.2) is 53.8 Å². The van der Waals surface area contributed by atoms with Gasteiger partial charge in [0.05, 0.1) is 11.3 Å². The molecular formula is C16H15N5O4. The van der Waals surface area contributed by atoms with Crippen LogP contribution in [0.2, 0.25) is 0 Å². The number of carbonyl (C=O) groups excluding carboxylic acids is 2. The number of pyridine rings is 1. The Bertz CT molecular complexity index is 820. The number of benzene rings is 1. The monoisotopic (exact) mass is 341 g/mol. The molecule has 0 aliphatic rings. The number of nitro benzene ring substituents is 1. The van der Waals surface area contributed by atoms with E-state index in [9.17, 15) is 19.7 Å². The van der Waals surface area contributed by atoms with Gasteiger partial charge in [-0.2, -0.15) is 5.10 Å². The highest BCUT2D eigenvalue weighted by molar-refractivity contribution is 6.06. The van der Waals surface area contributed by atoms with Gasteiger partial charge in [0.1, 0.15) is 5.69 Å². The van der Waals surface area contributed by atoms with E-state index < -0.39 is 16.7 Å². The highest BCUT2D eigenvalue weighted by Crippen LogP contribution is 2.17. The maximum Gasteiger partial charge on any atom is 0.289 e. The summed E-state index contributed by atoms with van der Waals surface area (Å²) in [5, 5.41) is 17.1. The maximum atomic E-state index is 11.9. The predicted octanol–water partition coefficient (Wildman–Crippen LogP) is 2.12. The van der Waals surface area contributed by atoms with Gasteiger partial charge < -0.3 is 5.32 Å². The van der Waals surface area contributed by atoms with E-state index in [0.29, 0.717) is 11.4 Å². The summed E-state index contributed by atoms with van der Waals surface area (Å²) in [4.78, 5) is 37.8. The van der Waals surface area contributed by atoms with Crippen molar-refractivity contribution < 1.29 is 14.5 Å². The largest absolute Gasteiger partial charge is 0.326 e. The van der Waals surface area contributed by atoms with Crippen LogP contribution in [-0.4, -0.2) is 27.4 Å². The Morgan fingerprint density at radius 3 is 2.72 bits per heavy atom. The number of anilines is 1. The summed E-state index contributed by atoms with van der Waals surface area (Å²) in [7, 11) is 0. The average Bonchev–Trinajstić information content (AvgIpc) is 2.60. The Morgan fingerprint density at radius 2 is 2.04 bits per heavy atom. The molecule has 128 valence electrons. The lowest BCUT2D eigenvalue weighted by molar-refractivity contribution is -0.384. The Kier molecular flexibility index (Phi) is 5.88. The zero-order valence-corrected chi connectivity index (χ0v) is 13.3. The SMILES string of the molecule is C/C(CC(=O)Nc1cccc([N+](=O)[O-])c1)=N\NC(=O)c1ccccn1. The summed E-state index contributed by atoms with van der Waals surface area (Å²) in [6.07, 6.45) is 1.41. The summed E-state index contributed by atoms with van der Waals surface area (Å²) in [5.41, 5.74) is 3.08. The third kappa shape index (κ3) is 5.50. The first-order chi connectivity index (χ1) is 12.0. The molecular weight excluding hydrogens is 326 g/mol. The summed E-state index contributed by atoms with van der Waals surface area (Å²) < 4.78 is 0. The van der Waals surface area contributed by atoms with E-state index in [1.54, 1.807) is 25.1 Å². The molecule has 9 heteroatoms. The normalized spacial score (nSPS) is 10.8. The highest BCUT2D eigenvalue weighted by atomic mass is 16.6. The highest BCUT2D eigenvalue weighted by Gasteiger charge is 2.10. The van der Waals surface area contributed by atoms with E-state index in [0.717, 1.165) is 0 Å². The fraction of sp³-hybridized carbons (Fsp3) is 0.125. The average molecular weight is 341 g/mol. The van der Waals surface area contributed by atoms with E-state index in [4.69, 9.17) is 0 Å². The minimum atomic E-state index is -0.546. The molecule has 0 saturated heterocycles. The first-order valence-corrected chi connectivity index (χ1v) is 7.24. The van der Waals surface area contributed by atoms with Crippen LogP contribution in [-0.2, 0) is 4.79 Å². The van der Waals surface area contributed by atoms with Crippen molar-refractivity contribution in [1.82, 2.24) is 10.4 Å². The topological polar surface area (TPSA) is 127 Å². The molecule has 1 heterocycles. The minimum Gasteiger partial charge on any atom is -0.326 e. The standard InChI is InChI=1S/C16H15N5O4/c1-11(19-20-16(23)14-7-2-3-8-17-14)9-15(22)18-12-5-4-6-13(10-12)21(24)25/h2-8,10H,9H2,1H3,(H,18,22)(H,20,23)/b19-11+. The Morgan fingerprint density at radius 1 is 1.24 bits per heavy atom. The van der Waals surface area contributed by atoms with Crippen molar-refractivity contribution >= 4 is 28.9 Å². The van der Waals surface area contributed by atoms with Crippen molar-refractivity contribution in [2.75, 3.05) is 5.32 Å². The molecule has 2 aromatic rings. The molecule has 0 aliphatic heterocycles. The molecule has 1 aromatic heterocycles. The Balaban J connectivity index is 1.90. The van der Waals surface area contributed by atoms with Gasteiger partial charge in [-0.25, -0.2) is 5.43 Å². The second kappa shape index (κ2) is 8.29. The summed E-state index contributed by atoms with van der Waals surface area (Å²) in [6.45, 7) is 1.58. The van der Waals surface area contributed by atoms with E-state index >= 15 is 0 Å². The quantitative estimate of drug-likeness (QED) is 0.473. The molecule has 0 saturated carbocycles. The first-order valence-electron chi connectivity index (χ1n) is 7.24. The molecule has 1 aromatic carbocycles. The van der Waals surface area contributed by atoms with Crippen LogP contribution >= 0.6 is 0 Å². The summed E-state index contributed by atoms with van der Waals surface area (Å²) in [6, 6.07) is 10.5. The van der Waals surface area contributed by atoms with Gasteiger partial charge in [0, 0.05) is 29.7 Å². The molecule has 0 fully saturated rings. The van der Waals surface area contributed by atoms with E-state index in [1.165, 1.54) is 30.5 Å². The van der Waals surface area contributed by atoms with Gasteiger partial charge in [0.2, 0.25) is 5.91 Å². The van der Waals surface area contributed by atoms with Gasteiger partial charge in [-0.3, -0.25) is 24.7 Å². The fourth-order valence-corrected chi connectivity index (χ4v) is 1.87. The number of nitrogens with zero attached hydrogens (tertiary/aromatic N) is 3. The van der Waals surface area contributed by atoms with Crippen LogP contribution in [0.1, 0.15) is 23.8 Å². The lowest BCUT2D eigenvalue weighted by atomic mass is 10.2. The number of nitrogens with one attached hydrogen (secondary N) is 2. The second-order valence-electron chi connectivity index (χ2n) is 5.04. The van der Waals surface area contributed by atoms with Crippen LogP contribution in [0.25, 0.3) is 0 Å². The van der Waals surface area contributed by atoms with Gasteiger partial charge in [0.25, 0.3) is 11.6 Å². The van der Waals surface area contributed by atoms with Crippen LogP contribution < -0.4 is 10.7 Å². The molecule has 9 nitrogen and oxygen atoms in total. The molecule has 2 amide bonds. The molecule has 0 unspecified atom stereocenters. The number of aromatic nitrogens is 1. The van der Waals surface area contributed by atoms with Crippen molar-refractivity contribution in [3.8, 4) is 0 Å². The van der Waals surface area contributed by atoms with Crippen LogP contribution in [0.5, 0.6) is 0 Å². The van der Waals surface area contributed by atoms with Crippen molar-refractivity contribution in [2.24, 2.45) is 5.10 Å². The van der Waals surface area contributed by atoms with E-state index in [2.05, 4.69) is 20.8 Å². The van der Waals surface area contributed by atoms with E-state index in [-0.39, 0.29) is 17.8 Å². The molecule has 0 radical (unpaired) electrons. The Hall–Kier alpha value is -3.62. The number of nitro groups is 1. The second-order valence-corrected chi connectivity index (χ2v) is 5.04. The number of hydrazone groups is 1. The van der Waals surface area contributed by atoms with Crippen molar-refractivity contribution in [3.05, 3.63) is 64.5 Å².